The fourth-order valence-corrected chi connectivity index (χ4v) is 5.08. The predicted octanol–water partition coefficient (Wildman–Crippen LogP) is 5.25. The number of aromatic nitrogens is 1. The van der Waals surface area contributed by atoms with Gasteiger partial charge in [0.25, 0.3) is 5.91 Å². The van der Waals surface area contributed by atoms with Gasteiger partial charge in [-0.15, -0.1) is 0 Å². The number of halogens is 1. The highest BCUT2D eigenvalue weighted by molar-refractivity contribution is 9.10. The first-order valence-electron chi connectivity index (χ1n) is 11.6. The van der Waals surface area contributed by atoms with Crippen molar-refractivity contribution >= 4 is 27.7 Å². The van der Waals surface area contributed by atoms with Crippen LogP contribution in [-0.4, -0.2) is 33.9 Å². The molecule has 0 spiro atoms. The minimum Gasteiger partial charge on any atom is -0.496 e. The average Bonchev–Trinajstić information content (AvgIpc) is 3.56. The van der Waals surface area contributed by atoms with Crippen LogP contribution in [0.5, 0.6) is 5.75 Å². The van der Waals surface area contributed by atoms with Crippen LogP contribution in [0, 0.1) is 0 Å². The Kier molecular flexibility index (Phi) is 6.45. The van der Waals surface area contributed by atoms with Gasteiger partial charge < -0.3 is 23.9 Å². The molecule has 5 rings (SSSR count). The number of hydrogen-bond donors (Lipinski definition) is 1. The maximum absolute atomic E-state index is 13.9. The maximum atomic E-state index is 13.9. The number of fused-ring (bicyclic) bond motifs is 1. The van der Waals surface area contributed by atoms with Crippen molar-refractivity contribution in [3.63, 3.8) is 0 Å². The third-order valence-corrected chi connectivity index (χ3v) is 7.13. The number of carbonyl (C=O) groups excluding carboxylic acids is 2. The summed E-state index contributed by atoms with van der Waals surface area (Å²) in [6, 6.07) is 22.6. The first-order valence-corrected chi connectivity index (χ1v) is 12.4. The summed E-state index contributed by atoms with van der Waals surface area (Å²) in [5.74, 6) is 0.815. The number of ether oxygens (including phenoxy) is 1. The van der Waals surface area contributed by atoms with E-state index < -0.39 is 5.54 Å². The summed E-state index contributed by atoms with van der Waals surface area (Å²) >= 11 is 3.51. The second kappa shape index (κ2) is 9.70. The quantitative estimate of drug-likeness (QED) is 0.342. The van der Waals surface area contributed by atoms with E-state index in [1.54, 1.807) is 30.4 Å². The van der Waals surface area contributed by atoms with Crippen LogP contribution in [0.15, 0.2) is 87.9 Å². The Balaban J connectivity index is 1.54. The molecule has 0 saturated heterocycles. The summed E-state index contributed by atoms with van der Waals surface area (Å²) in [5, 5.41) is 3.05. The molecule has 0 saturated carbocycles. The molecule has 3 heterocycles. The van der Waals surface area contributed by atoms with Crippen molar-refractivity contribution in [1.29, 1.82) is 0 Å². The molecule has 0 fully saturated rings. The Morgan fingerprint density at radius 3 is 2.58 bits per heavy atom. The standard InChI is InChI=1S/C28H26BrN3O4/c1-28(27(34)30-16-19-7-4-3-5-8-19)18-31-22(25-9-6-14-36-25)11-12-23(31)26(33)32(28)17-20-15-21(29)10-13-24(20)35-2/h3-15H,16-18H2,1-2H3,(H,30,34). The number of benzene rings is 2. The minimum atomic E-state index is -1.17. The van der Waals surface area contributed by atoms with Gasteiger partial charge in [-0.05, 0) is 55.0 Å². The predicted molar refractivity (Wildman–Crippen MR) is 139 cm³/mol. The number of methoxy groups -OCH3 is 1. The molecule has 1 aliphatic heterocycles. The van der Waals surface area contributed by atoms with Gasteiger partial charge in [-0.1, -0.05) is 46.3 Å². The lowest BCUT2D eigenvalue weighted by atomic mass is 9.93. The summed E-state index contributed by atoms with van der Waals surface area (Å²) in [7, 11) is 1.59. The lowest BCUT2D eigenvalue weighted by Crippen LogP contribution is -2.63. The first-order chi connectivity index (χ1) is 17.4. The SMILES string of the molecule is COc1ccc(Br)cc1CN1C(=O)c2ccc(-c3ccco3)n2CC1(C)C(=O)NCc1ccccc1. The number of nitrogens with zero attached hydrogens (tertiary/aromatic N) is 2. The zero-order chi connectivity index (χ0) is 25.3. The van der Waals surface area contributed by atoms with E-state index >= 15 is 0 Å². The molecule has 36 heavy (non-hydrogen) atoms. The maximum Gasteiger partial charge on any atom is 0.271 e. The number of amides is 2. The molecule has 2 aromatic carbocycles. The number of hydrogen-bond acceptors (Lipinski definition) is 4. The topological polar surface area (TPSA) is 76.7 Å². The summed E-state index contributed by atoms with van der Waals surface area (Å²) in [5.41, 5.74) is 1.86. The molecule has 184 valence electrons. The molecule has 1 N–H and O–H groups in total. The molecule has 1 atom stereocenters. The van der Waals surface area contributed by atoms with Gasteiger partial charge in [-0.2, -0.15) is 0 Å². The van der Waals surface area contributed by atoms with Crippen molar-refractivity contribution in [2.24, 2.45) is 0 Å². The smallest absolute Gasteiger partial charge is 0.271 e. The van der Waals surface area contributed by atoms with E-state index in [1.807, 2.05) is 72.2 Å². The van der Waals surface area contributed by atoms with E-state index in [4.69, 9.17) is 9.15 Å². The van der Waals surface area contributed by atoms with Gasteiger partial charge in [-0.25, -0.2) is 0 Å². The summed E-state index contributed by atoms with van der Waals surface area (Å²) in [6.07, 6.45) is 1.59. The van der Waals surface area contributed by atoms with E-state index in [2.05, 4.69) is 21.2 Å². The number of nitrogens with one attached hydrogen (secondary N) is 1. The molecule has 2 aromatic heterocycles. The normalized spacial score (nSPS) is 17.1. The van der Waals surface area contributed by atoms with Gasteiger partial charge in [0.15, 0.2) is 0 Å². The van der Waals surface area contributed by atoms with Crippen LogP contribution in [0.1, 0.15) is 28.5 Å². The summed E-state index contributed by atoms with van der Waals surface area (Å²) in [4.78, 5) is 29.4. The van der Waals surface area contributed by atoms with Crippen LogP contribution in [0.3, 0.4) is 0 Å². The van der Waals surface area contributed by atoms with E-state index in [1.165, 1.54) is 0 Å². The Hall–Kier alpha value is -3.78. The molecule has 2 amide bonds. The first kappa shape index (κ1) is 23.9. The highest BCUT2D eigenvalue weighted by Gasteiger charge is 2.48. The average molecular weight is 548 g/mol. The van der Waals surface area contributed by atoms with Crippen LogP contribution in [0.25, 0.3) is 11.5 Å². The lowest BCUT2D eigenvalue weighted by Gasteiger charge is -2.44. The summed E-state index contributed by atoms with van der Waals surface area (Å²) < 4.78 is 13.9. The monoisotopic (exact) mass is 547 g/mol. The molecule has 0 radical (unpaired) electrons. The van der Waals surface area contributed by atoms with E-state index in [9.17, 15) is 9.59 Å². The van der Waals surface area contributed by atoms with Crippen LogP contribution in [-0.2, 0) is 24.4 Å². The van der Waals surface area contributed by atoms with E-state index in [-0.39, 0.29) is 24.9 Å². The van der Waals surface area contributed by atoms with Crippen molar-refractivity contribution in [3.05, 3.63) is 100 Å². The van der Waals surface area contributed by atoms with Crippen LogP contribution < -0.4 is 10.1 Å². The zero-order valence-electron chi connectivity index (χ0n) is 20.0. The van der Waals surface area contributed by atoms with Crippen LogP contribution in [0.4, 0.5) is 0 Å². The largest absolute Gasteiger partial charge is 0.496 e. The van der Waals surface area contributed by atoms with Crippen LogP contribution >= 0.6 is 15.9 Å². The molecule has 1 unspecified atom stereocenters. The molecule has 7 nitrogen and oxygen atoms in total. The number of carbonyl (C=O) groups is 2. The molecule has 0 bridgehead atoms. The van der Waals surface area contributed by atoms with Crippen molar-refractivity contribution in [2.75, 3.05) is 7.11 Å². The van der Waals surface area contributed by atoms with Gasteiger partial charge in [0.1, 0.15) is 22.7 Å². The van der Waals surface area contributed by atoms with Crippen molar-refractivity contribution in [2.45, 2.75) is 32.1 Å². The Bertz CT molecular complexity index is 1400. The van der Waals surface area contributed by atoms with Gasteiger partial charge >= 0.3 is 0 Å². The van der Waals surface area contributed by atoms with Crippen molar-refractivity contribution in [3.8, 4) is 17.2 Å². The van der Waals surface area contributed by atoms with Gasteiger partial charge in [0, 0.05) is 16.6 Å². The molecule has 4 aromatic rings. The fourth-order valence-electron chi connectivity index (χ4n) is 4.67. The number of furan rings is 1. The van der Waals surface area contributed by atoms with E-state index in [0.29, 0.717) is 23.7 Å². The summed E-state index contributed by atoms with van der Waals surface area (Å²) in [6.45, 7) is 2.65. The molecular weight excluding hydrogens is 522 g/mol. The lowest BCUT2D eigenvalue weighted by molar-refractivity contribution is -0.133. The Morgan fingerprint density at radius 1 is 1.08 bits per heavy atom. The van der Waals surface area contributed by atoms with Gasteiger partial charge in [0.05, 0.1) is 32.2 Å². The number of rotatable bonds is 7. The fraction of sp³-hybridized carbons (Fsp3) is 0.214. The highest BCUT2D eigenvalue weighted by Crippen LogP contribution is 2.36. The highest BCUT2D eigenvalue weighted by atomic mass is 79.9. The van der Waals surface area contributed by atoms with Gasteiger partial charge in [0.2, 0.25) is 5.91 Å². The third kappa shape index (κ3) is 4.33. The zero-order valence-corrected chi connectivity index (χ0v) is 21.6. The van der Waals surface area contributed by atoms with Gasteiger partial charge in [-0.3, -0.25) is 9.59 Å². The van der Waals surface area contributed by atoms with Crippen molar-refractivity contribution < 1.29 is 18.7 Å². The Morgan fingerprint density at radius 2 is 1.86 bits per heavy atom. The molecule has 8 heteroatoms. The molecule has 0 aliphatic carbocycles. The second-order valence-electron chi connectivity index (χ2n) is 8.96. The molecular formula is C28H26BrN3O4. The second-order valence-corrected chi connectivity index (χ2v) is 9.87. The van der Waals surface area contributed by atoms with Crippen molar-refractivity contribution in [1.82, 2.24) is 14.8 Å². The Labute approximate surface area is 217 Å². The minimum absolute atomic E-state index is 0.206. The van der Waals surface area contributed by atoms with Crippen LogP contribution in [0.2, 0.25) is 0 Å². The molecule has 1 aliphatic rings. The third-order valence-electron chi connectivity index (χ3n) is 6.64. The van der Waals surface area contributed by atoms with E-state index in [0.717, 1.165) is 21.3 Å².